The molecular weight excluding hydrogens is 362 g/mol. The van der Waals surface area contributed by atoms with E-state index in [9.17, 15) is 19.7 Å². The Morgan fingerprint density at radius 1 is 1.21 bits per heavy atom. The highest BCUT2D eigenvalue weighted by Crippen LogP contribution is 2.27. The van der Waals surface area contributed by atoms with Crippen molar-refractivity contribution in [2.45, 2.75) is 12.8 Å². The van der Waals surface area contributed by atoms with Crippen LogP contribution < -0.4 is 10.6 Å². The van der Waals surface area contributed by atoms with Crippen LogP contribution in [0.4, 0.5) is 17.1 Å². The normalized spacial score (nSPS) is 12.8. The van der Waals surface area contributed by atoms with E-state index in [-0.39, 0.29) is 17.2 Å². The second-order valence-electron chi connectivity index (χ2n) is 6.30. The number of aromatic nitrogens is 2. The van der Waals surface area contributed by atoms with Gasteiger partial charge in [-0.25, -0.2) is 4.98 Å². The third-order valence-electron chi connectivity index (χ3n) is 4.48. The number of amides is 2. The first-order chi connectivity index (χ1) is 13.5. The van der Waals surface area contributed by atoms with Crippen molar-refractivity contribution in [3.63, 3.8) is 0 Å². The number of hydrogen-bond acceptors (Lipinski definition) is 5. The third kappa shape index (κ3) is 3.32. The smallest absolute Gasteiger partial charge is 0.294 e. The molecule has 0 fully saturated rings. The second-order valence-corrected chi connectivity index (χ2v) is 6.30. The lowest BCUT2D eigenvalue weighted by Gasteiger charge is -2.17. The maximum atomic E-state index is 12.6. The molecule has 4 rings (SSSR count). The summed E-state index contributed by atoms with van der Waals surface area (Å²) in [5, 5.41) is 17.0. The first kappa shape index (κ1) is 17.4. The van der Waals surface area contributed by atoms with Gasteiger partial charge in [-0.05, 0) is 42.3 Å². The molecule has 2 amide bonds. The molecule has 2 aromatic carbocycles. The van der Waals surface area contributed by atoms with Crippen LogP contribution >= 0.6 is 0 Å². The molecule has 0 atom stereocenters. The van der Waals surface area contributed by atoms with E-state index in [1.54, 1.807) is 24.4 Å². The van der Waals surface area contributed by atoms with Gasteiger partial charge < -0.3 is 15.2 Å². The fraction of sp³-hybridized carbons (Fsp3) is 0.105. The number of carbonyl (C=O) groups excluding carboxylic acids is 2. The minimum atomic E-state index is -0.534. The van der Waals surface area contributed by atoms with Gasteiger partial charge in [-0.1, -0.05) is 0 Å². The molecule has 1 aliphatic heterocycles. The van der Waals surface area contributed by atoms with E-state index in [0.717, 1.165) is 11.3 Å². The van der Waals surface area contributed by atoms with Crippen molar-refractivity contribution in [1.29, 1.82) is 0 Å². The number of carbonyl (C=O) groups is 2. The van der Waals surface area contributed by atoms with Crippen LogP contribution in [-0.2, 0) is 11.2 Å². The zero-order chi connectivity index (χ0) is 19.7. The first-order valence-electron chi connectivity index (χ1n) is 8.52. The number of nitro benzene ring substituents is 1. The van der Waals surface area contributed by atoms with E-state index < -0.39 is 10.8 Å². The number of hydrogen-bond donors (Lipinski definition) is 2. The van der Waals surface area contributed by atoms with Crippen molar-refractivity contribution in [1.82, 2.24) is 9.55 Å². The summed E-state index contributed by atoms with van der Waals surface area (Å²) < 4.78 is 1.51. The molecule has 9 heteroatoms. The van der Waals surface area contributed by atoms with Crippen LogP contribution in [0.25, 0.3) is 5.69 Å². The summed E-state index contributed by atoms with van der Waals surface area (Å²) >= 11 is 0. The fourth-order valence-corrected chi connectivity index (χ4v) is 3.10. The molecule has 0 saturated carbocycles. The van der Waals surface area contributed by atoms with E-state index >= 15 is 0 Å². The number of fused-ring (bicyclic) bond motifs is 1. The highest BCUT2D eigenvalue weighted by Gasteiger charge is 2.20. The molecule has 9 nitrogen and oxygen atoms in total. The fourth-order valence-electron chi connectivity index (χ4n) is 3.10. The van der Waals surface area contributed by atoms with Gasteiger partial charge in [-0.2, -0.15) is 0 Å². The van der Waals surface area contributed by atoms with Crippen molar-refractivity contribution in [2.24, 2.45) is 0 Å². The van der Waals surface area contributed by atoms with E-state index in [1.807, 2.05) is 0 Å². The van der Waals surface area contributed by atoms with Gasteiger partial charge in [0.1, 0.15) is 5.69 Å². The molecule has 2 N–H and O–H groups in total. The summed E-state index contributed by atoms with van der Waals surface area (Å²) in [6.45, 7) is 0. The molecule has 0 aliphatic carbocycles. The van der Waals surface area contributed by atoms with E-state index in [2.05, 4.69) is 15.6 Å². The number of anilines is 2. The summed E-state index contributed by atoms with van der Waals surface area (Å²) in [7, 11) is 0. The number of imidazole rings is 1. The molecule has 0 bridgehead atoms. The lowest BCUT2D eigenvalue weighted by atomic mass is 10.0. The van der Waals surface area contributed by atoms with Crippen LogP contribution in [0.2, 0.25) is 0 Å². The van der Waals surface area contributed by atoms with Crippen LogP contribution in [0.5, 0.6) is 0 Å². The summed E-state index contributed by atoms with van der Waals surface area (Å²) in [5.74, 6) is -0.491. The SMILES string of the molecule is O=C1CCc2cc(NC(=O)c3ccc(-n4ccnc4)c([N+](=O)[O-])c3)ccc2N1. The average molecular weight is 377 g/mol. The van der Waals surface area contributed by atoms with Crippen LogP contribution in [0.3, 0.4) is 0 Å². The van der Waals surface area contributed by atoms with Gasteiger partial charge in [0.15, 0.2) is 0 Å². The van der Waals surface area contributed by atoms with Gasteiger partial charge in [-0.3, -0.25) is 19.7 Å². The van der Waals surface area contributed by atoms with Gasteiger partial charge in [0.25, 0.3) is 11.6 Å². The number of nitro groups is 1. The van der Waals surface area contributed by atoms with Gasteiger partial charge >= 0.3 is 0 Å². The van der Waals surface area contributed by atoms with Gasteiger partial charge in [0.05, 0.1) is 11.3 Å². The molecule has 1 aliphatic rings. The van der Waals surface area contributed by atoms with Crippen LogP contribution in [-0.4, -0.2) is 26.3 Å². The number of nitrogens with one attached hydrogen (secondary N) is 2. The number of rotatable bonds is 4. The molecule has 0 saturated heterocycles. The predicted octanol–water partition coefficient (Wildman–Crippen LogP) is 2.92. The Balaban J connectivity index is 1.59. The standard InChI is InChI=1S/C19H15N5O4/c25-18-6-2-12-9-14(3-4-15(12)22-18)21-19(26)13-1-5-16(17(10-13)24(27)28)23-8-7-20-11-23/h1,3-5,7-11H,2,6H2,(H,21,26)(H,22,25). The Bertz CT molecular complexity index is 1090. The minimum absolute atomic E-state index is 0.0328. The topological polar surface area (TPSA) is 119 Å². The van der Waals surface area contributed by atoms with E-state index in [0.29, 0.717) is 24.2 Å². The first-order valence-corrected chi connectivity index (χ1v) is 8.52. The molecule has 28 heavy (non-hydrogen) atoms. The Hall–Kier alpha value is -4.01. The summed E-state index contributed by atoms with van der Waals surface area (Å²) in [6, 6.07) is 9.47. The molecular formula is C19H15N5O4. The molecule has 140 valence electrons. The largest absolute Gasteiger partial charge is 0.326 e. The Morgan fingerprint density at radius 3 is 2.82 bits per heavy atom. The molecule has 2 heterocycles. The molecule has 0 spiro atoms. The van der Waals surface area contributed by atoms with Gasteiger partial charge in [-0.15, -0.1) is 0 Å². The zero-order valence-corrected chi connectivity index (χ0v) is 14.6. The predicted molar refractivity (Wildman–Crippen MR) is 102 cm³/mol. The van der Waals surface area contributed by atoms with Crippen LogP contribution in [0.1, 0.15) is 22.3 Å². The van der Waals surface area contributed by atoms with Gasteiger partial charge in [0, 0.05) is 41.8 Å². The quantitative estimate of drug-likeness (QED) is 0.535. The highest BCUT2D eigenvalue weighted by atomic mass is 16.6. The van der Waals surface area contributed by atoms with Crippen molar-refractivity contribution in [2.75, 3.05) is 10.6 Å². The van der Waals surface area contributed by atoms with Crippen molar-refractivity contribution in [3.8, 4) is 5.69 Å². The number of aryl methyl sites for hydroxylation is 1. The Kier molecular flexibility index (Phi) is 4.32. The highest BCUT2D eigenvalue weighted by molar-refractivity contribution is 6.05. The maximum Gasteiger partial charge on any atom is 0.294 e. The number of nitrogens with zero attached hydrogens (tertiary/aromatic N) is 3. The number of benzene rings is 2. The van der Waals surface area contributed by atoms with Crippen LogP contribution in [0, 0.1) is 10.1 Å². The average Bonchev–Trinajstić information content (AvgIpc) is 3.22. The van der Waals surface area contributed by atoms with Crippen molar-refractivity contribution < 1.29 is 14.5 Å². The van der Waals surface area contributed by atoms with Gasteiger partial charge in [0.2, 0.25) is 5.91 Å². The summed E-state index contributed by atoms with van der Waals surface area (Å²) in [5.41, 5.74) is 2.51. The van der Waals surface area contributed by atoms with E-state index in [1.165, 1.54) is 35.3 Å². The Labute approximate surface area is 159 Å². The molecule has 3 aromatic rings. The minimum Gasteiger partial charge on any atom is -0.326 e. The molecule has 0 unspecified atom stereocenters. The summed E-state index contributed by atoms with van der Waals surface area (Å²) in [6.07, 6.45) is 5.55. The van der Waals surface area contributed by atoms with Crippen molar-refractivity contribution >= 4 is 28.9 Å². The lowest BCUT2D eigenvalue weighted by molar-refractivity contribution is -0.384. The molecule has 1 aromatic heterocycles. The lowest BCUT2D eigenvalue weighted by Crippen LogP contribution is -2.19. The van der Waals surface area contributed by atoms with Crippen LogP contribution in [0.15, 0.2) is 55.1 Å². The maximum absolute atomic E-state index is 12.6. The molecule has 0 radical (unpaired) electrons. The third-order valence-corrected chi connectivity index (χ3v) is 4.48. The second kappa shape index (κ2) is 6.95. The monoisotopic (exact) mass is 377 g/mol. The summed E-state index contributed by atoms with van der Waals surface area (Å²) in [4.78, 5) is 38.8. The zero-order valence-electron chi connectivity index (χ0n) is 14.6. The Morgan fingerprint density at radius 2 is 2.07 bits per heavy atom. The van der Waals surface area contributed by atoms with Crippen molar-refractivity contribution in [3.05, 3.63) is 76.4 Å². The van der Waals surface area contributed by atoms with E-state index in [4.69, 9.17) is 0 Å².